The van der Waals surface area contributed by atoms with Gasteiger partial charge in [-0.25, -0.2) is 0 Å². The fraction of sp³-hybridized carbons (Fsp3) is 1.00. The molecule has 1 aliphatic carbocycles. The van der Waals surface area contributed by atoms with Crippen molar-refractivity contribution in [1.82, 2.24) is 0 Å². The van der Waals surface area contributed by atoms with Gasteiger partial charge in [-0.1, -0.05) is 51.9 Å². The van der Waals surface area contributed by atoms with Gasteiger partial charge in [-0.2, -0.15) is 0 Å². The van der Waals surface area contributed by atoms with Crippen molar-refractivity contribution in [2.45, 2.75) is 51.9 Å². The van der Waals surface area contributed by atoms with Crippen LogP contribution in [0.1, 0.15) is 54.7 Å². The molecule has 0 radical (unpaired) electrons. The molecule has 0 saturated heterocycles. The third-order valence-corrected chi connectivity index (χ3v) is 2.44. The van der Waals surface area contributed by atoms with Gasteiger partial charge in [-0.15, -0.1) is 0 Å². The van der Waals surface area contributed by atoms with Crippen molar-refractivity contribution in [3.63, 3.8) is 0 Å². The third kappa shape index (κ3) is 3.82. The van der Waals surface area contributed by atoms with Gasteiger partial charge >= 0.3 is 23.1 Å². The molecule has 0 atom stereocenters. The molecule has 0 aliphatic heterocycles. The zero-order valence-electron chi connectivity index (χ0n) is 9.23. The molecule has 0 aromatic heterocycles. The monoisotopic (exact) mass is 152 g/mol. The number of rotatable bonds is 3. The zero-order valence-corrected chi connectivity index (χ0v) is 8.65. The van der Waals surface area contributed by atoms with E-state index in [1.165, 1.54) is 44.9 Å². The van der Waals surface area contributed by atoms with Crippen molar-refractivity contribution < 1.29 is 2.85 Å². The van der Waals surface area contributed by atoms with Gasteiger partial charge in [-0.05, 0) is 5.92 Å². The van der Waals surface area contributed by atoms with Gasteiger partial charge in [0.25, 0.3) is 0 Å². The topological polar surface area (TPSA) is 0 Å². The SMILES string of the molecule is CCCCC1CCCC1.[H-].[H-].[Mg+2]. The fourth-order valence-electron chi connectivity index (χ4n) is 1.79. The molecule has 1 aliphatic rings. The van der Waals surface area contributed by atoms with Crippen molar-refractivity contribution in [3.8, 4) is 0 Å². The molecule has 0 nitrogen and oxygen atoms in total. The molecule has 0 heterocycles. The molecule has 0 unspecified atom stereocenters. The van der Waals surface area contributed by atoms with E-state index >= 15 is 0 Å². The van der Waals surface area contributed by atoms with E-state index in [2.05, 4.69) is 6.92 Å². The van der Waals surface area contributed by atoms with Crippen molar-refractivity contribution in [3.05, 3.63) is 0 Å². The van der Waals surface area contributed by atoms with E-state index in [1.54, 1.807) is 0 Å². The summed E-state index contributed by atoms with van der Waals surface area (Å²) in [5.41, 5.74) is 0. The molecule has 0 bridgehead atoms. The molecular formula is C9H20Mg. The third-order valence-electron chi connectivity index (χ3n) is 2.44. The number of hydrogen-bond acceptors (Lipinski definition) is 0. The van der Waals surface area contributed by atoms with Crippen LogP contribution in [0.15, 0.2) is 0 Å². The van der Waals surface area contributed by atoms with Crippen LogP contribution in [-0.4, -0.2) is 23.1 Å². The minimum absolute atomic E-state index is 0. The van der Waals surface area contributed by atoms with E-state index in [1.807, 2.05) is 0 Å². The van der Waals surface area contributed by atoms with E-state index in [0.29, 0.717) is 0 Å². The minimum atomic E-state index is 0. The first-order valence-corrected chi connectivity index (χ1v) is 4.43. The maximum atomic E-state index is 2.29. The fourth-order valence-corrected chi connectivity index (χ4v) is 1.79. The molecule has 0 aromatic rings. The van der Waals surface area contributed by atoms with Crippen LogP contribution >= 0.6 is 0 Å². The molecule has 1 heteroatoms. The van der Waals surface area contributed by atoms with Gasteiger partial charge in [0.1, 0.15) is 0 Å². The summed E-state index contributed by atoms with van der Waals surface area (Å²) in [5.74, 6) is 1.12. The Morgan fingerprint density at radius 2 is 1.90 bits per heavy atom. The van der Waals surface area contributed by atoms with Crippen molar-refractivity contribution in [2.75, 3.05) is 0 Å². The Bertz CT molecular complexity index is 72.9. The largest absolute Gasteiger partial charge is 2.00 e. The van der Waals surface area contributed by atoms with Crippen molar-refractivity contribution in [2.24, 2.45) is 5.92 Å². The first kappa shape index (κ1) is 10.8. The maximum Gasteiger partial charge on any atom is 2.00 e. The van der Waals surface area contributed by atoms with E-state index < -0.39 is 0 Å². The predicted octanol–water partition coefficient (Wildman–Crippen LogP) is 3.21. The van der Waals surface area contributed by atoms with Gasteiger partial charge in [0.15, 0.2) is 0 Å². The van der Waals surface area contributed by atoms with Crippen LogP contribution in [-0.2, 0) is 0 Å². The summed E-state index contributed by atoms with van der Waals surface area (Å²) in [6, 6.07) is 0. The summed E-state index contributed by atoms with van der Waals surface area (Å²) in [6.45, 7) is 2.29. The smallest absolute Gasteiger partial charge is 1.00 e. The second-order valence-electron chi connectivity index (χ2n) is 3.29. The minimum Gasteiger partial charge on any atom is -1.00 e. The van der Waals surface area contributed by atoms with Crippen LogP contribution in [0.5, 0.6) is 0 Å². The van der Waals surface area contributed by atoms with Gasteiger partial charge in [0.05, 0.1) is 0 Å². The molecule has 1 rings (SSSR count). The Labute approximate surface area is 83.9 Å². The van der Waals surface area contributed by atoms with Gasteiger partial charge < -0.3 is 2.85 Å². The Morgan fingerprint density at radius 3 is 2.40 bits per heavy atom. The molecule has 10 heavy (non-hydrogen) atoms. The van der Waals surface area contributed by atoms with Crippen LogP contribution in [0.2, 0.25) is 0 Å². The molecule has 0 spiro atoms. The number of unbranched alkanes of at least 4 members (excludes halogenated alkanes) is 1. The summed E-state index contributed by atoms with van der Waals surface area (Å²) in [4.78, 5) is 0. The predicted molar refractivity (Wildman–Crippen MR) is 49.5 cm³/mol. The molecule has 0 amide bonds. The van der Waals surface area contributed by atoms with Crippen LogP contribution in [0, 0.1) is 5.92 Å². The van der Waals surface area contributed by atoms with Crippen LogP contribution in [0.4, 0.5) is 0 Å². The van der Waals surface area contributed by atoms with Gasteiger partial charge in [0.2, 0.25) is 0 Å². The first-order chi connectivity index (χ1) is 4.43. The van der Waals surface area contributed by atoms with E-state index in [0.717, 1.165) is 5.92 Å². The van der Waals surface area contributed by atoms with Gasteiger partial charge in [-0.3, -0.25) is 0 Å². The Balaban J connectivity index is -0.000000270. The Kier molecular flexibility index (Phi) is 6.97. The Hall–Kier alpha value is 0.766. The summed E-state index contributed by atoms with van der Waals surface area (Å²) in [7, 11) is 0. The summed E-state index contributed by atoms with van der Waals surface area (Å²) >= 11 is 0. The number of hydrogen-bond donors (Lipinski definition) is 0. The van der Waals surface area contributed by atoms with E-state index in [9.17, 15) is 0 Å². The first-order valence-electron chi connectivity index (χ1n) is 4.43. The molecule has 1 fully saturated rings. The molecule has 0 N–H and O–H groups in total. The summed E-state index contributed by atoms with van der Waals surface area (Å²) < 4.78 is 0. The quantitative estimate of drug-likeness (QED) is 0.545. The van der Waals surface area contributed by atoms with Crippen LogP contribution in [0.25, 0.3) is 0 Å². The summed E-state index contributed by atoms with van der Waals surface area (Å²) in [5, 5.41) is 0. The second-order valence-corrected chi connectivity index (χ2v) is 3.29. The average Bonchev–Trinajstić information content (AvgIpc) is 2.34. The second kappa shape index (κ2) is 6.47. The van der Waals surface area contributed by atoms with Gasteiger partial charge in [0, 0.05) is 0 Å². The van der Waals surface area contributed by atoms with Crippen molar-refractivity contribution >= 4 is 23.1 Å². The average molecular weight is 153 g/mol. The van der Waals surface area contributed by atoms with Crippen LogP contribution < -0.4 is 0 Å². The van der Waals surface area contributed by atoms with Crippen molar-refractivity contribution in [1.29, 1.82) is 0 Å². The molecule has 58 valence electrons. The summed E-state index contributed by atoms with van der Waals surface area (Å²) in [6.07, 6.45) is 10.4. The van der Waals surface area contributed by atoms with E-state index in [4.69, 9.17) is 0 Å². The van der Waals surface area contributed by atoms with E-state index in [-0.39, 0.29) is 25.9 Å². The standard InChI is InChI=1S/C9H18.Mg.2H/c1-2-3-6-9-7-4-5-8-9;;;/h9H,2-8H2,1H3;;;/q;+2;2*-1. The molecule has 0 aromatic carbocycles. The molecule has 1 saturated carbocycles. The molecular weight excluding hydrogens is 132 g/mol. The maximum absolute atomic E-state index is 2.29. The zero-order chi connectivity index (χ0) is 6.53. The Morgan fingerprint density at radius 1 is 1.30 bits per heavy atom. The normalized spacial score (nSPS) is 18.9. The van der Waals surface area contributed by atoms with Crippen LogP contribution in [0.3, 0.4) is 0 Å².